The Labute approximate surface area is 70.5 Å². The highest BCUT2D eigenvalue weighted by molar-refractivity contribution is 14.1. The number of nitrogens with two attached hydrogens (primary N) is 1. The van der Waals surface area contributed by atoms with E-state index in [4.69, 9.17) is 5.73 Å². The fourth-order valence-corrected chi connectivity index (χ4v) is 2.60. The third-order valence-electron chi connectivity index (χ3n) is 2.05. The lowest BCUT2D eigenvalue weighted by atomic mass is 9.89. The van der Waals surface area contributed by atoms with Crippen LogP contribution < -0.4 is 5.73 Å². The highest BCUT2D eigenvalue weighted by Crippen LogP contribution is 2.28. The van der Waals surface area contributed by atoms with E-state index in [0.29, 0.717) is 0 Å². The summed E-state index contributed by atoms with van der Waals surface area (Å²) in [6.07, 6.45) is 5.54. The predicted molar refractivity (Wildman–Crippen MR) is 48.8 cm³/mol. The third kappa shape index (κ3) is 2.42. The second-order valence-electron chi connectivity index (χ2n) is 2.87. The Hall–Kier alpha value is 0.690. The number of hydrogen-bond acceptors (Lipinski definition) is 1. The summed E-state index contributed by atoms with van der Waals surface area (Å²) >= 11 is 2.54. The van der Waals surface area contributed by atoms with Crippen molar-refractivity contribution in [1.82, 2.24) is 0 Å². The van der Waals surface area contributed by atoms with E-state index in [1.807, 2.05) is 0 Å². The van der Waals surface area contributed by atoms with Crippen LogP contribution in [0.15, 0.2) is 0 Å². The molecule has 2 heteroatoms. The molecule has 1 aliphatic rings. The van der Waals surface area contributed by atoms with Gasteiger partial charge in [0.15, 0.2) is 0 Å². The molecule has 2 atom stereocenters. The maximum Gasteiger partial charge on any atom is 0.0113 e. The van der Waals surface area contributed by atoms with Crippen molar-refractivity contribution < 1.29 is 0 Å². The molecule has 1 fully saturated rings. The fraction of sp³-hybridized carbons (Fsp3) is 1.00. The van der Waals surface area contributed by atoms with Gasteiger partial charge in [-0.2, -0.15) is 0 Å². The van der Waals surface area contributed by atoms with Gasteiger partial charge in [-0.15, -0.1) is 0 Å². The molecule has 54 valence electrons. The normalized spacial score (nSPS) is 36.7. The molecule has 0 aromatic heterocycles. The molecule has 0 amide bonds. The molecule has 1 saturated carbocycles. The van der Waals surface area contributed by atoms with Crippen molar-refractivity contribution in [2.75, 3.05) is 6.54 Å². The topological polar surface area (TPSA) is 26.0 Å². The largest absolute Gasteiger partial charge is 0.330 e. The van der Waals surface area contributed by atoms with Gasteiger partial charge in [-0.25, -0.2) is 0 Å². The first-order chi connectivity index (χ1) is 4.33. The number of rotatable bonds is 1. The second kappa shape index (κ2) is 3.76. The first kappa shape index (κ1) is 7.79. The van der Waals surface area contributed by atoms with Crippen molar-refractivity contribution in [3.63, 3.8) is 0 Å². The summed E-state index contributed by atoms with van der Waals surface area (Å²) in [7, 11) is 0. The van der Waals surface area contributed by atoms with Crippen LogP contribution in [0, 0.1) is 5.92 Å². The van der Waals surface area contributed by atoms with Gasteiger partial charge in [0.1, 0.15) is 0 Å². The highest BCUT2D eigenvalue weighted by Gasteiger charge is 2.17. The zero-order valence-corrected chi connectivity index (χ0v) is 7.80. The molecule has 0 heterocycles. The fourth-order valence-electron chi connectivity index (χ4n) is 1.44. The average Bonchev–Trinajstić information content (AvgIpc) is 1.88. The molecule has 2 N–H and O–H groups in total. The van der Waals surface area contributed by atoms with Crippen molar-refractivity contribution in [1.29, 1.82) is 0 Å². The Morgan fingerprint density at radius 2 is 2.22 bits per heavy atom. The molecule has 1 aliphatic carbocycles. The number of hydrogen-bond donors (Lipinski definition) is 1. The Morgan fingerprint density at radius 3 is 2.67 bits per heavy atom. The van der Waals surface area contributed by atoms with Gasteiger partial charge < -0.3 is 5.73 Å². The third-order valence-corrected chi connectivity index (χ3v) is 3.18. The van der Waals surface area contributed by atoms with Crippen LogP contribution in [-0.4, -0.2) is 10.5 Å². The summed E-state index contributed by atoms with van der Waals surface area (Å²) in [5.41, 5.74) is 5.56. The lowest BCUT2D eigenvalue weighted by Crippen LogP contribution is -2.22. The van der Waals surface area contributed by atoms with Crippen molar-refractivity contribution in [2.45, 2.75) is 29.6 Å². The molecular weight excluding hydrogens is 225 g/mol. The molecule has 2 unspecified atom stereocenters. The van der Waals surface area contributed by atoms with Crippen LogP contribution >= 0.6 is 22.6 Å². The SMILES string of the molecule is NCC1CCCC(I)C1. The van der Waals surface area contributed by atoms with Gasteiger partial charge >= 0.3 is 0 Å². The van der Waals surface area contributed by atoms with Gasteiger partial charge in [-0.05, 0) is 31.7 Å². The van der Waals surface area contributed by atoms with Crippen molar-refractivity contribution >= 4 is 22.6 Å². The van der Waals surface area contributed by atoms with E-state index in [1.54, 1.807) is 0 Å². The summed E-state index contributed by atoms with van der Waals surface area (Å²) in [6.45, 7) is 0.902. The van der Waals surface area contributed by atoms with Gasteiger partial charge in [0.2, 0.25) is 0 Å². The predicted octanol–water partition coefficient (Wildman–Crippen LogP) is 1.94. The van der Waals surface area contributed by atoms with E-state index >= 15 is 0 Å². The minimum absolute atomic E-state index is 0.834. The Bertz CT molecular complexity index is 85.0. The van der Waals surface area contributed by atoms with Crippen LogP contribution in [0.1, 0.15) is 25.7 Å². The van der Waals surface area contributed by atoms with Crippen LogP contribution in [0.3, 0.4) is 0 Å². The van der Waals surface area contributed by atoms with Gasteiger partial charge in [0, 0.05) is 3.92 Å². The minimum Gasteiger partial charge on any atom is -0.330 e. The Kier molecular flexibility index (Phi) is 3.26. The minimum atomic E-state index is 0.834. The molecule has 1 nitrogen and oxygen atoms in total. The quantitative estimate of drug-likeness (QED) is 0.549. The Balaban J connectivity index is 2.23. The van der Waals surface area contributed by atoms with Gasteiger partial charge in [-0.1, -0.05) is 29.0 Å². The van der Waals surface area contributed by atoms with Gasteiger partial charge in [-0.3, -0.25) is 0 Å². The monoisotopic (exact) mass is 239 g/mol. The molecular formula is C7H14IN. The summed E-state index contributed by atoms with van der Waals surface area (Å²) in [5, 5.41) is 0. The summed E-state index contributed by atoms with van der Waals surface area (Å²) in [5.74, 6) is 0.834. The molecule has 0 aromatic rings. The maximum absolute atomic E-state index is 5.56. The van der Waals surface area contributed by atoms with E-state index in [2.05, 4.69) is 22.6 Å². The van der Waals surface area contributed by atoms with E-state index < -0.39 is 0 Å². The molecule has 0 bridgehead atoms. The molecule has 0 saturated heterocycles. The molecule has 0 spiro atoms. The van der Waals surface area contributed by atoms with Gasteiger partial charge in [0.25, 0.3) is 0 Å². The molecule has 1 rings (SSSR count). The van der Waals surface area contributed by atoms with Crippen LogP contribution in [0.5, 0.6) is 0 Å². The lowest BCUT2D eigenvalue weighted by Gasteiger charge is -2.23. The van der Waals surface area contributed by atoms with E-state index in [0.717, 1.165) is 16.4 Å². The van der Waals surface area contributed by atoms with Crippen LogP contribution in [0.4, 0.5) is 0 Å². The van der Waals surface area contributed by atoms with E-state index in [1.165, 1.54) is 25.7 Å². The van der Waals surface area contributed by atoms with Crippen LogP contribution in [0.2, 0.25) is 0 Å². The van der Waals surface area contributed by atoms with Crippen LogP contribution in [-0.2, 0) is 0 Å². The van der Waals surface area contributed by atoms with E-state index in [9.17, 15) is 0 Å². The van der Waals surface area contributed by atoms with Crippen molar-refractivity contribution in [2.24, 2.45) is 11.7 Å². The molecule has 0 aromatic carbocycles. The lowest BCUT2D eigenvalue weighted by molar-refractivity contribution is 0.382. The van der Waals surface area contributed by atoms with Crippen LogP contribution in [0.25, 0.3) is 0 Å². The Morgan fingerprint density at radius 1 is 1.44 bits per heavy atom. The number of halogens is 1. The first-order valence-electron chi connectivity index (χ1n) is 3.67. The number of alkyl halides is 1. The summed E-state index contributed by atoms with van der Waals surface area (Å²) in [4.78, 5) is 0. The van der Waals surface area contributed by atoms with Crippen molar-refractivity contribution in [3.8, 4) is 0 Å². The standard InChI is InChI=1S/C7H14IN/c8-7-3-1-2-6(4-7)5-9/h6-7H,1-5,9H2. The van der Waals surface area contributed by atoms with E-state index in [-0.39, 0.29) is 0 Å². The summed E-state index contributed by atoms with van der Waals surface area (Å²) in [6, 6.07) is 0. The molecule has 0 aliphatic heterocycles. The first-order valence-corrected chi connectivity index (χ1v) is 4.91. The maximum atomic E-state index is 5.56. The smallest absolute Gasteiger partial charge is 0.0113 e. The second-order valence-corrected chi connectivity index (χ2v) is 4.63. The van der Waals surface area contributed by atoms with Crippen molar-refractivity contribution in [3.05, 3.63) is 0 Å². The summed E-state index contributed by atoms with van der Waals surface area (Å²) < 4.78 is 0.907. The van der Waals surface area contributed by atoms with Gasteiger partial charge in [0.05, 0.1) is 0 Å². The zero-order chi connectivity index (χ0) is 6.69. The highest BCUT2D eigenvalue weighted by atomic mass is 127. The zero-order valence-electron chi connectivity index (χ0n) is 5.65. The average molecular weight is 239 g/mol. The molecule has 9 heavy (non-hydrogen) atoms. The molecule has 0 radical (unpaired) electrons.